The molecule has 1 saturated heterocycles. The van der Waals surface area contributed by atoms with Crippen molar-refractivity contribution in [1.82, 2.24) is 10.2 Å². The van der Waals surface area contributed by atoms with Crippen molar-refractivity contribution in [2.75, 3.05) is 25.4 Å². The van der Waals surface area contributed by atoms with Crippen molar-refractivity contribution < 1.29 is 8.42 Å². The topological polar surface area (TPSA) is 49.4 Å². The van der Waals surface area contributed by atoms with Gasteiger partial charge in [0.05, 0.1) is 5.75 Å². The molecule has 0 aliphatic carbocycles. The minimum atomic E-state index is -2.97. The Kier molecular flexibility index (Phi) is 4.95. The highest BCUT2D eigenvalue weighted by Crippen LogP contribution is 2.04. The highest BCUT2D eigenvalue weighted by Gasteiger charge is 2.19. The van der Waals surface area contributed by atoms with Gasteiger partial charge in [-0.05, 0) is 13.8 Å². The van der Waals surface area contributed by atoms with Crippen LogP contribution in [0.3, 0.4) is 0 Å². The van der Waals surface area contributed by atoms with Crippen molar-refractivity contribution in [2.45, 2.75) is 32.9 Å². The van der Waals surface area contributed by atoms with Crippen molar-refractivity contribution in [3.8, 4) is 0 Å². The van der Waals surface area contributed by atoms with Gasteiger partial charge in [-0.25, -0.2) is 8.42 Å². The molecule has 1 rings (SSSR count). The molecule has 0 spiro atoms. The van der Waals surface area contributed by atoms with Gasteiger partial charge in [0.15, 0.2) is 9.84 Å². The van der Waals surface area contributed by atoms with E-state index in [0.29, 0.717) is 12.1 Å². The van der Waals surface area contributed by atoms with E-state index < -0.39 is 9.84 Å². The van der Waals surface area contributed by atoms with Crippen molar-refractivity contribution in [1.29, 1.82) is 0 Å². The van der Waals surface area contributed by atoms with Crippen LogP contribution < -0.4 is 5.32 Å². The third kappa shape index (κ3) is 4.63. The molecule has 1 heterocycles. The zero-order chi connectivity index (χ0) is 12.2. The number of hydrogen-bond donors (Lipinski definition) is 1. The Hall–Kier alpha value is -0.390. The Morgan fingerprint density at radius 3 is 2.38 bits per heavy atom. The third-order valence-electron chi connectivity index (χ3n) is 2.70. The molecule has 1 N–H and O–H groups in total. The summed E-state index contributed by atoms with van der Waals surface area (Å²) >= 11 is 0. The first kappa shape index (κ1) is 13.7. The minimum absolute atomic E-state index is 0.178. The van der Waals surface area contributed by atoms with Crippen molar-refractivity contribution >= 4 is 9.84 Å². The summed E-state index contributed by atoms with van der Waals surface area (Å²) in [5, 5.41) is 4.78. The van der Waals surface area contributed by atoms with Crippen LogP contribution in [0, 0.1) is 0 Å². The Morgan fingerprint density at radius 2 is 1.88 bits per heavy atom. The molecule has 0 aromatic rings. The van der Waals surface area contributed by atoms with E-state index in [1.165, 1.54) is 5.41 Å². The van der Waals surface area contributed by atoms with Gasteiger partial charge in [-0.3, -0.25) is 4.90 Å². The second kappa shape index (κ2) is 5.80. The second-order valence-electron chi connectivity index (χ2n) is 4.51. The molecule has 2 unspecified atom stereocenters. The van der Waals surface area contributed by atoms with Gasteiger partial charge in [-0.1, -0.05) is 13.0 Å². The van der Waals surface area contributed by atoms with E-state index >= 15 is 0 Å². The largest absolute Gasteiger partial charge is 0.309 e. The normalized spacial score (nSPS) is 28.7. The second-order valence-corrected chi connectivity index (χ2v) is 6.69. The molecule has 0 aromatic carbocycles. The van der Waals surface area contributed by atoms with E-state index in [9.17, 15) is 8.42 Å². The summed E-state index contributed by atoms with van der Waals surface area (Å²) in [5.74, 6) is 0.178. The summed E-state index contributed by atoms with van der Waals surface area (Å²) in [4.78, 5) is 2.27. The van der Waals surface area contributed by atoms with Crippen LogP contribution in [0.5, 0.6) is 0 Å². The average molecular weight is 246 g/mol. The van der Waals surface area contributed by atoms with Gasteiger partial charge in [0.2, 0.25) is 0 Å². The summed E-state index contributed by atoms with van der Waals surface area (Å²) in [6, 6.07) is 0.944. The Bertz CT molecular complexity index is 328. The molecule has 2 atom stereocenters. The molecular formula is C11H22N2O2S. The lowest BCUT2D eigenvalue weighted by Crippen LogP contribution is -2.54. The number of rotatable bonds is 4. The fourth-order valence-electron chi connectivity index (χ4n) is 2.02. The molecule has 4 nitrogen and oxygen atoms in total. The fourth-order valence-corrected chi connectivity index (χ4v) is 2.60. The van der Waals surface area contributed by atoms with Crippen LogP contribution in [-0.2, 0) is 9.84 Å². The number of nitrogens with one attached hydrogen (secondary N) is 1. The summed E-state index contributed by atoms with van der Waals surface area (Å²) in [6.07, 6.45) is 1.75. The number of sulfone groups is 1. The van der Waals surface area contributed by atoms with Gasteiger partial charge >= 0.3 is 0 Å². The molecule has 16 heavy (non-hydrogen) atoms. The SMILES string of the molecule is CCS(=O)(=O)C=CCN1CC(C)NC(C)C1. The van der Waals surface area contributed by atoms with E-state index in [0.717, 1.165) is 19.6 Å². The minimum Gasteiger partial charge on any atom is -0.309 e. The molecule has 0 saturated carbocycles. The van der Waals surface area contributed by atoms with Gasteiger partial charge in [-0.15, -0.1) is 0 Å². The predicted octanol–water partition coefficient (Wildman–Crippen LogP) is 0.617. The molecular weight excluding hydrogens is 224 g/mol. The van der Waals surface area contributed by atoms with Crippen LogP contribution in [0.25, 0.3) is 0 Å². The van der Waals surface area contributed by atoms with E-state index in [4.69, 9.17) is 0 Å². The van der Waals surface area contributed by atoms with Crippen LogP contribution in [0.1, 0.15) is 20.8 Å². The predicted molar refractivity (Wildman–Crippen MR) is 67.1 cm³/mol. The molecule has 1 aliphatic heterocycles. The average Bonchev–Trinajstić information content (AvgIpc) is 2.16. The van der Waals surface area contributed by atoms with Crippen LogP contribution in [0.2, 0.25) is 0 Å². The Labute approximate surface area is 98.6 Å². The highest BCUT2D eigenvalue weighted by molar-refractivity contribution is 7.94. The Morgan fingerprint density at radius 1 is 1.31 bits per heavy atom. The lowest BCUT2D eigenvalue weighted by molar-refractivity contribution is 0.189. The monoisotopic (exact) mass is 246 g/mol. The zero-order valence-corrected chi connectivity index (χ0v) is 11.1. The molecule has 1 fully saturated rings. The van der Waals surface area contributed by atoms with Crippen LogP contribution in [-0.4, -0.2) is 50.8 Å². The first-order valence-electron chi connectivity index (χ1n) is 5.80. The zero-order valence-electron chi connectivity index (χ0n) is 10.3. The van der Waals surface area contributed by atoms with Gasteiger partial charge < -0.3 is 5.32 Å². The summed E-state index contributed by atoms with van der Waals surface area (Å²) in [7, 11) is -2.97. The Balaban J connectivity index is 2.43. The maximum atomic E-state index is 11.3. The quantitative estimate of drug-likeness (QED) is 0.790. The number of piperazine rings is 1. The third-order valence-corrected chi connectivity index (χ3v) is 4.11. The number of nitrogens with zero attached hydrogens (tertiary/aromatic N) is 1. The van der Waals surface area contributed by atoms with Crippen molar-refractivity contribution in [3.63, 3.8) is 0 Å². The van der Waals surface area contributed by atoms with Gasteiger partial charge in [0.1, 0.15) is 0 Å². The number of hydrogen-bond acceptors (Lipinski definition) is 4. The van der Waals surface area contributed by atoms with Crippen molar-refractivity contribution in [2.24, 2.45) is 0 Å². The van der Waals surface area contributed by atoms with E-state index in [2.05, 4.69) is 24.1 Å². The van der Waals surface area contributed by atoms with Crippen LogP contribution in [0.4, 0.5) is 0 Å². The van der Waals surface area contributed by atoms with Gasteiger partial charge in [-0.2, -0.15) is 0 Å². The van der Waals surface area contributed by atoms with E-state index in [1.807, 2.05) is 0 Å². The van der Waals surface area contributed by atoms with Crippen LogP contribution in [0.15, 0.2) is 11.5 Å². The van der Waals surface area contributed by atoms with Crippen LogP contribution >= 0.6 is 0 Å². The first-order chi connectivity index (χ1) is 7.43. The maximum absolute atomic E-state index is 11.3. The molecule has 94 valence electrons. The maximum Gasteiger partial charge on any atom is 0.171 e. The van der Waals surface area contributed by atoms with Gasteiger partial charge in [0, 0.05) is 37.1 Å². The summed E-state index contributed by atoms with van der Waals surface area (Å²) in [6.45, 7) is 8.62. The van der Waals surface area contributed by atoms with Gasteiger partial charge in [0.25, 0.3) is 0 Å². The molecule has 0 bridgehead atoms. The smallest absolute Gasteiger partial charge is 0.171 e. The lowest BCUT2D eigenvalue weighted by Gasteiger charge is -2.35. The summed E-state index contributed by atoms with van der Waals surface area (Å²) in [5.41, 5.74) is 0. The van der Waals surface area contributed by atoms with E-state index in [-0.39, 0.29) is 5.75 Å². The standard InChI is InChI=1S/C11H22N2O2S/c1-4-16(14,15)7-5-6-13-8-10(2)12-11(3)9-13/h5,7,10-12H,4,6,8-9H2,1-3H3. The molecule has 0 amide bonds. The van der Waals surface area contributed by atoms with E-state index in [1.54, 1.807) is 13.0 Å². The molecule has 0 aromatic heterocycles. The molecule has 5 heteroatoms. The lowest BCUT2D eigenvalue weighted by atomic mass is 10.1. The van der Waals surface area contributed by atoms with Crippen molar-refractivity contribution in [3.05, 3.63) is 11.5 Å². The highest BCUT2D eigenvalue weighted by atomic mass is 32.2. The molecule has 0 radical (unpaired) electrons. The fraction of sp³-hybridized carbons (Fsp3) is 0.818. The summed E-state index contributed by atoms with van der Waals surface area (Å²) < 4.78 is 22.5. The first-order valence-corrected chi connectivity index (χ1v) is 7.52. The molecule has 1 aliphatic rings.